The number of amides is 1. The molecule has 5 nitrogen and oxygen atoms in total. The molecule has 0 unspecified atom stereocenters. The predicted molar refractivity (Wildman–Crippen MR) is 79.1 cm³/mol. The second-order valence-electron chi connectivity index (χ2n) is 5.64. The molecule has 6 heteroatoms. The Kier molecular flexibility index (Phi) is 4.24. The number of rotatable bonds is 3. The highest BCUT2D eigenvalue weighted by Crippen LogP contribution is 2.39. The van der Waals surface area contributed by atoms with Gasteiger partial charge in [0.05, 0.1) is 34.8 Å². The van der Waals surface area contributed by atoms with Crippen LogP contribution in [0.4, 0.5) is 5.69 Å². The third-order valence-corrected chi connectivity index (χ3v) is 4.21. The lowest BCUT2D eigenvalue weighted by molar-refractivity contribution is -0.126. The zero-order valence-corrected chi connectivity index (χ0v) is 12.9. The number of aliphatic hydroxyl groups excluding tert-OH is 1. The topological polar surface area (TPSA) is 73.6 Å². The Labute approximate surface area is 128 Å². The number of carbonyl (C=O) groups excluding carboxylic acids is 1. The lowest BCUT2D eigenvalue weighted by atomic mass is 9.87. The van der Waals surface area contributed by atoms with Crippen LogP contribution in [0.25, 0.3) is 0 Å². The molecule has 1 N–H and O–H groups in total. The lowest BCUT2D eigenvalue weighted by Crippen LogP contribution is -2.40. The van der Waals surface area contributed by atoms with Crippen molar-refractivity contribution in [3.63, 3.8) is 0 Å². The molecule has 0 aliphatic carbocycles. The van der Waals surface area contributed by atoms with Crippen LogP contribution in [0.1, 0.15) is 19.4 Å². The molecular formula is C15H17ClN2O3. The summed E-state index contributed by atoms with van der Waals surface area (Å²) in [5.74, 6) is -0.196. The van der Waals surface area contributed by atoms with Gasteiger partial charge in [0, 0.05) is 12.8 Å². The molecule has 1 aliphatic rings. The van der Waals surface area contributed by atoms with Gasteiger partial charge in [0.1, 0.15) is 6.07 Å². The summed E-state index contributed by atoms with van der Waals surface area (Å²) in [7, 11) is 1.52. The number of nitriles is 1. The Balaban J connectivity index is 2.47. The molecule has 1 heterocycles. The van der Waals surface area contributed by atoms with Crippen molar-refractivity contribution in [1.82, 2.24) is 0 Å². The third kappa shape index (κ3) is 2.51. The second-order valence-corrected chi connectivity index (χ2v) is 6.05. The zero-order valence-electron chi connectivity index (χ0n) is 12.1. The van der Waals surface area contributed by atoms with E-state index in [1.54, 1.807) is 32.0 Å². The number of hydrogen-bond acceptors (Lipinski definition) is 4. The van der Waals surface area contributed by atoms with Gasteiger partial charge in [-0.2, -0.15) is 5.26 Å². The molecule has 0 saturated carbocycles. The van der Waals surface area contributed by atoms with E-state index in [1.165, 1.54) is 12.0 Å². The van der Waals surface area contributed by atoms with Crippen molar-refractivity contribution in [2.45, 2.75) is 26.0 Å². The molecule has 1 amide bonds. The van der Waals surface area contributed by atoms with Crippen molar-refractivity contribution >= 4 is 23.2 Å². The van der Waals surface area contributed by atoms with Crippen LogP contribution in [-0.4, -0.2) is 36.9 Å². The van der Waals surface area contributed by atoms with Crippen molar-refractivity contribution < 1.29 is 14.6 Å². The summed E-state index contributed by atoms with van der Waals surface area (Å²) in [5.41, 5.74) is -0.00494. The van der Waals surface area contributed by atoms with Crippen LogP contribution < -0.4 is 4.90 Å². The molecule has 2 atom stereocenters. The fourth-order valence-corrected chi connectivity index (χ4v) is 2.82. The maximum Gasteiger partial charge on any atom is 0.235 e. The van der Waals surface area contributed by atoms with Crippen molar-refractivity contribution in [2.24, 2.45) is 5.41 Å². The minimum absolute atomic E-state index is 0.196. The Hall–Kier alpha value is -1.61. The Bertz CT molecular complexity index is 609. The van der Waals surface area contributed by atoms with Gasteiger partial charge in [-0.3, -0.25) is 4.79 Å². The number of aliphatic hydroxyl groups is 1. The van der Waals surface area contributed by atoms with Crippen LogP contribution in [0.2, 0.25) is 5.02 Å². The highest BCUT2D eigenvalue weighted by atomic mass is 35.5. The molecule has 1 aromatic rings. The van der Waals surface area contributed by atoms with Crippen molar-refractivity contribution in [2.75, 3.05) is 18.6 Å². The van der Waals surface area contributed by atoms with Gasteiger partial charge < -0.3 is 14.7 Å². The van der Waals surface area contributed by atoms with E-state index in [9.17, 15) is 9.90 Å². The number of nitrogens with zero attached hydrogens (tertiary/aromatic N) is 2. The number of hydrogen-bond donors (Lipinski definition) is 1. The first-order valence-corrected chi connectivity index (χ1v) is 6.92. The molecule has 21 heavy (non-hydrogen) atoms. The summed E-state index contributed by atoms with van der Waals surface area (Å²) < 4.78 is 5.13. The normalized spacial score (nSPS) is 24.2. The maximum atomic E-state index is 12.6. The van der Waals surface area contributed by atoms with E-state index in [0.29, 0.717) is 11.3 Å². The Morgan fingerprint density at radius 2 is 2.19 bits per heavy atom. The largest absolute Gasteiger partial charge is 0.390 e. The maximum absolute atomic E-state index is 12.6. The summed E-state index contributed by atoms with van der Waals surface area (Å²) >= 11 is 6.03. The van der Waals surface area contributed by atoms with E-state index >= 15 is 0 Å². The van der Waals surface area contributed by atoms with Gasteiger partial charge in [0.2, 0.25) is 5.91 Å². The molecule has 0 aromatic heterocycles. The SMILES string of the molecule is COC[C@@H]1[C@H](O)C(C)(C)C(=O)N1c1ccc(C#N)c(Cl)c1. The minimum Gasteiger partial charge on any atom is -0.390 e. The van der Waals surface area contributed by atoms with E-state index in [4.69, 9.17) is 21.6 Å². The predicted octanol–water partition coefficient (Wildman–Crippen LogP) is 1.96. The van der Waals surface area contributed by atoms with Gasteiger partial charge in [-0.15, -0.1) is 0 Å². The minimum atomic E-state index is -0.899. The van der Waals surface area contributed by atoms with Crippen LogP contribution in [0, 0.1) is 16.7 Å². The number of ether oxygens (including phenoxy) is 1. The fourth-order valence-electron chi connectivity index (χ4n) is 2.60. The summed E-state index contributed by atoms with van der Waals surface area (Å²) in [6, 6.07) is 6.27. The van der Waals surface area contributed by atoms with E-state index in [-0.39, 0.29) is 17.5 Å². The van der Waals surface area contributed by atoms with Crippen LogP contribution in [-0.2, 0) is 9.53 Å². The molecule has 1 aromatic carbocycles. The monoisotopic (exact) mass is 308 g/mol. The van der Waals surface area contributed by atoms with Gasteiger partial charge >= 0.3 is 0 Å². The first-order valence-electron chi connectivity index (χ1n) is 6.55. The van der Waals surface area contributed by atoms with Crippen LogP contribution in [0.15, 0.2) is 18.2 Å². The highest BCUT2D eigenvalue weighted by Gasteiger charge is 2.53. The van der Waals surface area contributed by atoms with Crippen molar-refractivity contribution in [3.05, 3.63) is 28.8 Å². The molecule has 1 aliphatic heterocycles. The smallest absolute Gasteiger partial charge is 0.235 e. The van der Waals surface area contributed by atoms with Crippen molar-refractivity contribution in [3.8, 4) is 6.07 Å². The van der Waals surface area contributed by atoms with Crippen LogP contribution >= 0.6 is 11.6 Å². The Morgan fingerprint density at radius 3 is 2.71 bits per heavy atom. The Morgan fingerprint density at radius 1 is 1.52 bits per heavy atom. The van der Waals surface area contributed by atoms with Gasteiger partial charge in [-0.05, 0) is 32.0 Å². The third-order valence-electron chi connectivity index (χ3n) is 3.89. The van der Waals surface area contributed by atoms with E-state index in [2.05, 4.69) is 0 Å². The average molecular weight is 309 g/mol. The van der Waals surface area contributed by atoms with Gasteiger partial charge in [0.15, 0.2) is 0 Å². The van der Waals surface area contributed by atoms with E-state index in [0.717, 1.165) is 0 Å². The molecule has 1 saturated heterocycles. The van der Waals surface area contributed by atoms with E-state index < -0.39 is 17.6 Å². The first-order chi connectivity index (χ1) is 9.84. The fraction of sp³-hybridized carbons (Fsp3) is 0.467. The number of anilines is 1. The standard InChI is InChI=1S/C15H17ClN2O3/c1-15(2)13(19)12(8-21-3)18(14(15)20)10-5-4-9(7-17)11(16)6-10/h4-6,12-13,19H,8H2,1-3H3/t12-,13+/m1/s1. The summed E-state index contributed by atoms with van der Waals surface area (Å²) in [5, 5.41) is 19.6. The zero-order chi connectivity index (χ0) is 15.8. The number of benzene rings is 1. The molecule has 1 fully saturated rings. The lowest BCUT2D eigenvalue weighted by Gasteiger charge is -2.26. The second kappa shape index (κ2) is 5.64. The van der Waals surface area contributed by atoms with Crippen LogP contribution in [0.3, 0.4) is 0 Å². The molecule has 2 rings (SSSR count). The van der Waals surface area contributed by atoms with Crippen molar-refractivity contribution in [1.29, 1.82) is 5.26 Å². The molecule has 112 valence electrons. The summed E-state index contributed by atoms with van der Waals surface area (Å²) in [6.07, 6.45) is -0.848. The number of halogens is 1. The van der Waals surface area contributed by atoms with Gasteiger partial charge in [-0.25, -0.2) is 0 Å². The van der Waals surface area contributed by atoms with Gasteiger partial charge in [-0.1, -0.05) is 11.6 Å². The number of methoxy groups -OCH3 is 1. The summed E-state index contributed by atoms with van der Waals surface area (Å²) in [4.78, 5) is 14.1. The van der Waals surface area contributed by atoms with E-state index in [1.807, 2.05) is 6.07 Å². The quantitative estimate of drug-likeness (QED) is 0.926. The summed E-state index contributed by atoms with van der Waals surface area (Å²) in [6.45, 7) is 3.62. The average Bonchev–Trinajstić information content (AvgIpc) is 2.61. The van der Waals surface area contributed by atoms with Gasteiger partial charge in [0.25, 0.3) is 0 Å². The number of carbonyl (C=O) groups is 1. The molecule has 0 bridgehead atoms. The highest BCUT2D eigenvalue weighted by molar-refractivity contribution is 6.32. The molecule has 0 spiro atoms. The molecule has 0 radical (unpaired) electrons. The molecular weight excluding hydrogens is 292 g/mol. The van der Waals surface area contributed by atoms with Crippen LogP contribution in [0.5, 0.6) is 0 Å². The first kappa shape index (κ1) is 15.8.